The molecule has 1 aromatic carbocycles. The van der Waals surface area contributed by atoms with Gasteiger partial charge in [0.1, 0.15) is 11.2 Å². The van der Waals surface area contributed by atoms with Gasteiger partial charge in [0.05, 0.1) is 0 Å². The van der Waals surface area contributed by atoms with E-state index in [1.165, 1.54) is 30.4 Å². The molecule has 6 heteroatoms. The fraction of sp³-hybridized carbons (Fsp3) is 0.200. The molecule has 0 aliphatic heterocycles. The average molecular weight is 355 g/mol. The van der Waals surface area contributed by atoms with Gasteiger partial charge in [-0.25, -0.2) is 9.18 Å². The Bertz CT molecular complexity index is 693. The standard InChI is InChI=1S/C15H12BrFO4/c1-8-2-3-9(13(18)19)7-15(8,14(20)21)11-5-4-10(16)6-12(11)17/h2-6H,7H2,1H3,(H,18,19)(H,20,21). The summed E-state index contributed by atoms with van der Waals surface area (Å²) in [4.78, 5) is 23.0. The van der Waals surface area contributed by atoms with E-state index in [-0.39, 0.29) is 17.6 Å². The summed E-state index contributed by atoms with van der Waals surface area (Å²) in [7, 11) is 0. The zero-order valence-corrected chi connectivity index (χ0v) is 12.6. The molecule has 1 aliphatic carbocycles. The van der Waals surface area contributed by atoms with E-state index in [0.29, 0.717) is 10.0 Å². The van der Waals surface area contributed by atoms with Crippen LogP contribution in [-0.4, -0.2) is 22.2 Å². The van der Waals surface area contributed by atoms with Crippen LogP contribution in [-0.2, 0) is 15.0 Å². The monoisotopic (exact) mass is 354 g/mol. The van der Waals surface area contributed by atoms with Gasteiger partial charge in [-0.1, -0.05) is 39.7 Å². The highest BCUT2D eigenvalue weighted by Crippen LogP contribution is 2.42. The molecule has 0 amide bonds. The number of benzene rings is 1. The fourth-order valence-corrected chi connectivity index (χ4v) is 2.83. The summed E-state index contributed by atoms with van der Waals surface area (Å²) >= 11 is 3.12. The van der Waals surface area contributed by atoms with Crippen molar-refractivity contribution in [2.45, 2.75) is 18.8 Å². The molecule has 1 unspecified atom stereocenters. The Morgan fingerprint density at radius 3 is 2.48 bits per heavy atom. The Labute approximate surface area is 128 Å². The van der Waals surface area contributed by atoms with Crippen LogP contribution in [0.3, 0.4) is 0 Å². The number of rotatable bonds is 3. The van der Waals surface area contributed by atoms with E-state index >= 15 is 0 Å². The Morgan fingerprint density at radius 2 is 1.95 bits per heavy atom. The number of hydrogen-bond donors (Lipinski definition) is 2. The van der Waals surface area contributed by atoms with E-state index in [1.807, 2.05) is 0 Å². The SMILES string of the molecule is CC1=CC=C(C(=O)O)CC1(C(=O)O)c1ccc(Br)cc1F. The van der Waals surface area contributed by atoms with Crippen LogP contribution in [0.1, 0.15) is 18.9 Å². The van der Waals surface area contributed by atoms with Crippen molar-refractivity contribution in [1.29, 1.82) is 0 Å². The summed E-state index contributed by atoms with van der Waals surface area (Å²) in [5.74, 6) is -3.17. The maximum atomic E-state index is 14.3. The quantitative estimate of drug-likeness (QED) is 0.873. The molecule has 1 aromatic rings. The second kappa shape index (κ2) is 5.44. The molecule has 0 saturated carbocycles. The van der Waals surface area contributed by atoms with Gasteiger partial charge in [-0.2, -0.15) is 0 Å². The zero-order valence-electron chi connectivity index (χ0n) is 11.1. The highest BCUT2D eigenvalue weighted by atomic mass is 79.9. The minimum absolute atomic E-state index is 0.0428. The van der Waals surface area contributed by atoms with Crippen molar-refractivity contribution in [1.82, 2.24) is 0 Å². The third kappa shape index (κ3) is 2.51. The normalized spacial score (nSPS) is 21.5. The first-order valence-electron chi connectivity index (χ1n) is 6.09. The Morgan fingerprint density at radius 1 is 1.29 bits per heavy atom. The van der Waals surface area contributed by atoms with E-state index in [4.69, 9.17) is 5.11 Å². The average Bonchev–Trinajstić information content (AvgIpc) is 2.39. The van der Waals surface area contributed by atoms with Crippen LogP contribution < -0.4 is 0 Å². The first-order chi connectivity index (χ1) is 9.79. The molecule has 1 aliphatic rings. The highest BCUT2D eigenvalue weighted by Gasteiger charge is 2.46. The number of aliphatic carboxylic acids is 2. The first kappa shape index (κ1) is 15.4. The van der Waals surface area contributed by atoms with Crippen LogP contribution in [0.2, 0.25) is 0 Å². The first-order valence-corrected chi connectivity index (χ1v) is 6.88. The van der Waals surface area contributed by atoms with Crippen molar-refractivity contribution < 1.29 is 24.2 Å². The smallest absolute Gasteiger partial charge is 0.331 e. The molecule has 0 radical (unpaired) electrons. The summed E-state index contributed by atoms with van der Waals surface area (Å²) in [6, 6.07) is 4.08. The Balaban J connectivity index is 2.68. The van der Waals surface area contributed by atoms with Crippen molar-refractivity contribution >= 4 is 27.9 Å². The second-order valence-electron chi connectivity index (χ2n) is 4.86. The molecular weight excluding hydrogens is 343 g/mol. The van der Waals surface area contributed by atoms with Gasteiger partial charge < -0.3 is 10.2 Å². The van der Waals surface area contributed by atoms with Crippen molar-refractivity contribution in [3.05, 3.63) is 57.4 Å². The van der Waals surface area contributed by atoms with Gasteiger partial charge in [-0.15, -0.1) is 0 Å². The molecule has 21 heavy (non-hydrogen) atoms. The van der Waals surface area contributed by atoms with Crippen molar-refractivity contribution in [3.63, 3.8) is 0 Å². The topological polar surface area (TPSA) is 74.6 Å². The lowest BCUT2D eigenvalue weighted by atomic mass is 9.68. The van der Waals surface area contributed by atoms with Gasteiger partial charge >= 0.3 is 11.9 Å². The van der Waals surface area contributed by atoms with Crippen LogP contribution in [0.15, 0.2) is 46.0 Å². The minimum atomic E-state index is -1.70. The predicted molar refractivity (Wildman–Crippen MR) is 77.5 cm³/mol. The maximum Gasteiger partial charge on any atom is 0.331 e. The Hall–Kier alpha value is -1.95. The predicted octanol–water partition coefficient (Wildman–Crippen LogP) is 3.27. The number of carbonyl (C=O) groups is 2. The number of hydrogen-bond acceptors (Lipinski definition) is 2. The van der Waals surface area contributed by atoms with Crippen LogP contribution in [0.4, 0.5) is 4.39 Å². The lowest BCUT2D eigenvalue weighted by Crippen LogP contribution is -2.40. The lowest BCUT2D eigenvalue weighted by molar-refractivity contribution is -0.142. The van der Waals surface area contributed by atoms with Gasteiger partial charge in [-0.05, 0) is 19.1 Å². The van der Waals surface area contributed by atoms with E-state index < -0.39 is 23.2 Å². The molecule has 0 fully saturated rings. The third-order valence-corrected chi connectivity index (χ3v) is 4.19. The van der Waals surface area contributed by atoms with Crippen molar-refractivity contribution in [3.8, 4) is 0 Å². The lowest BCUT2D eigenvalue weighted by Gasteiger charge is -2.33. The van der Waals surface area contributed by atoms with E-state index in [2.05, 4.69) is 15.9 Å². The molecule has 0 saturated heterocycles. The molecule has 2 N–H and O–H groups in total. The van der Waals surface area contributed by atoms with E-state index in [0.717, 1.165) is 0 Å². The molecule has 0 bridgehead atoms. The number of allylic oxidation sites excluding steroid dienone is 2. The Kier molecular flexibility index (Phi) is 4.00. The summed E-state index contributed by atoms with van der Waals surface area (Å²) in [5.41, 5.74) is -1.42. The van der Waals surface area contributed by atoms with Crippen LogP contribution in [0.25, 0.3) is 0 Å². The molecule has 0 heterocycles. The van der Waals surface area contributed by atoms with Crippen LogP contribution in [0.5, 0.6) is 0 Å². The van der Waals surface area contributed by atoms with Gasteiger partial charge in [0, 0.05) is 22.0 Å². The number of halogens is 2. The largest absolute Gasteiger partial charge is 0.480 e. The summed E-state index contributed by atoms with van der Waals surface area (Å²) in [5, 5.41) is 18.8. The molecule has 2 rings (SSSR count). The fourth-order valence-electron chi connectivity index (χ4n) is 2.50. The molecule has 0 spiro atoms. The van der Waals surface area contributed by atoms with Gasteiger partial charge in [-0.3, -0.25) is 4.79 Å². The minimum Gasteiger partial charge on any atom is -0.480 e. The van der Waals surface area contributed by atoms with E-state index in [9.17, 15) is 19.1 Å². The zero-order chi connectivity index (χ0) is 15.8. The molecule has 1 atom stereocenters. The molecule has 4 nitrogen and oxygen atoms in total. The third-order valence-electron chi connectivity index (χ3n) is 3.69. The summed E-state index contributed by atoms with van der Waals surface area (Å²) in [6.45, 7) is 1.56. The van der Waals surface area contributed by atoms with E-state index in [1.54, 1.807) is 6.92 Å². The molecule has 0 aromatic heterocycles. The number of carboxylic acid groups (broad SMARTS) is 2. The second-order valence-corrected chi connectivity index (χ2v) is 5.77. The van der Waals surface area contributed by atoms with Crippen LogP contribution >= 0.6 is 15.9 Å². The maximum absolute atomic E-state index is 14.3. The van der Waals surface area contributed by atoms with Gasteiger partial charge in [0.15, 0.2) is 0 Å². The van der Waals surface area contributed by atoms with Crippen LogP contribution in [0, 0.1) is 5.82 Å². The van der Waals surface area contributed by atoms with Crippen molar-refractivity contribution in [2.24, 2.45) is 0 Å². The molecular formula is C15H12BrFO4. The number of carboxylic acids is 2. The summed E-state index contributed by atoms with van der Waals surface area (Å²) < 4.78 is 14.7. The van der Waals surface area contributed by atoms with Gasteiger partial charge in [0.25, 0.3) is 0 Å². The highest BCUT2D eigenvalue weighted by molar-refractivity contribution is 9.10. The summed E-state index contributed by atoms with van der Waals surface area (Å²) in [6.07, 6.45) is 2.48. The van der Waals surface area contributed by atoms with Crippen molar-refractivity contribution in [2.75, 3.05) is 0 Å². The molecule has 110 valence electrons. The van der Waals surface area contributed by atoms with Gasteiger partial charge in [0.2, 0.25) is 0 Å².